The van der Waals surface area contributed by atoms with E-state index < -0.39 is 24.0 Å². The Morgan fingerprint density at radius 1 is 1.35 bits per heavy atom. The number of carbonyl (C=O) groups excluding carboxylic acids is 1. The molecule has 0 spiro atoms. The Hall–Kier alpha value is -2.38. The van der Waals surface area contributed by atoms with E-state index >= 15 is 0 Å². The van der Waals surface area contributed by atoms with E-state index in [2.05, 4.69) is 10.3 Å². The van der Waals surface area contributed by atoms with Gasteiger partial charge in [0.15, 0.2) is 6.10 Å². The van der Waals surface area contributed by atoms with E-state index in [1.54, 1.807) is 6.20 Å². The fourth-order valence-corrected chi connectivity index (χ4v) is 2.62. The summed E-state index contributed by atoms with van der Waals surface area (Å²) in [6.07, 6.45) is 1.21. The minimum atomic E-state index is -1.08. The van der Waals surface area contributed by atoms with E-state index in [4.69, 9.17) is 9.47 Å². The molecule has 0 aliphatic carbocycles. The van der Waals surface area contributed by atoms with Gasteiger partial charge >= 0.3 is 5.97 Å². The van der Waals surface area contributed by atoms with Gasteiger partial charge in [0.1, 0.15) is 6.04 Å². The third kappa shape index (κ3) is 3.52. The van der Waals surface area contributed by atoms with Gasteiger partial charge in [0, 0.05) is 23.5 Å². The number of rotatable bonds is 5. The second-order valence-electron chi connectivity index (χ2n) is 5.40. The highest BCUT2D eigenvalue weighted by atomic mass is 16.6. The zero-order valence-corrected chi connectivity index (χ0v) is 12.5. The van der Waals surface area contributed by atoms with Gasteiger partial charge in [0.25, 0.3) is 5.91 Å². The minimum absolute atomic E-state index is 0.144. The average molecular weight is 318 g/mol. The summed E-state index contributed by atoms with van der Waals surface area (Å²) in [5.74, 6) is -1.54. The lowest BCUT2D eigenvalue weighted by molar-refractivity contribution is -0.152. The number of hydrogen-bond acceptors (Lipinski definition) is 4. The number of benzene rings is 1. The van der Waals surface area contributed by atoms with Crippen molar-refractivity contribution in [3.8, 4) is 0 Å². The van der Waals surface area contributed by atoms with Gasteiger partial charge in [0.2, 0.25) is 0 Å². The highest BCUT2D eigenvalue weighted by Crippen LogP contribution is 2.19. The molecule has 1 amide bonds. The van der Waals surface area contributed by atoms with Crippen molar-refractivity contribution >= 4 is 22.8 Å². The standard InChI is InChI=1S/C16H18N2O5/c19-15(14-9-22-5-6-23-14)18-13(16(20)21)7-10-8-17-12-4-2-1-3-11(10)12/h1-4,8,13-14,17H,5-7,9H2,(H,18,19)(H,20,21)/t13-,14-/m0/s1. The molecule has 1 aromatic carbocycles. The molecule has 7 heteroatoms. The first-order valence-corrected chi connectivity index (χ1v) is 7.42. The van der Waals surface area contributed by atoms with Crippen LogP contribution in [0.3, 0.4) is 0 Å². The Morgan fingerprint density at radius 3 is 2.91 bits per heavy atom. The lowest BCUT2D eigenvalue weighted by atomic mass is 10.0. The van der Waals surface area contributed by atoms with E-state index in [-0.39, 0.29) is 13.0 Å². The van der Waals surface area contributed by atoms with Gasteiger partial charge in [0.05, 0.1) is 19.8 Å². The Bertz CT molecular complexity index is 705. The van der Waals surface area contributed by atoms with Gasteiger partial charge in [-0.15, -0.1) is 0 Å². The smallest absolute Gasteiger partial charge is 0.326 e. The maximum Gasteiger partial charge on any atom is 0.326 e. The number of aromatic nitrogens is 1. The molecule has 0 radical (unpaired) electrons. The molecule has 23 heavy (non-hydrogen) atoms. The summed E-state index contributed by atoms with van der Waals surface area (Å²) in [5.41, 5.74) is 1.77. The molecule has 2 aromatic rings. The Morgan fingerprint density at radius 2 is 2.17 bits per heavy atom. The van der Waals surface area contributed by atoms with Gasteiger partial charge in [-0.05, 0) is 11.6 Å². The summed E-state index contributed by atoms with van der Waals surface area (Å²) in [4.78, 5) is 26.7. The number of aliphatic carboxylic acids is 1. The van der Waals surface area contributed by atoms with Crippen LogP contribution in [0.2, 0.25) is 0 Å². The van der Waals surface area contributed by atoms with Crippen molar-refractivity contribution in [2.24, 2.45) is 0 Å². The molecule has 1 aromatic heterocycles. The number of carbonyl (C=O) groups is 2. The van der Waals surface area contributed by atoms with Crippen LogP contribution in [0.25, 0.3) is 10.9 Å². The van der Waals surface area contributed by atoms with Crippen LogP contribution in [0, 0.1) is 0 Å². The van der Waals surface area contributed by atoms with Crippen LogP contribution < -0.4 is 5.32 Å². The first-order chi connectivity index (χ1) is 11.1. The maximum atomic E-state index is 12.1. The van der Waals surface area contributed by atoms with Crippen LogP contribution in [-0.2, 0) is 25.5 Å². The zero-order valence-electron chi connectivity index (χ0n) is 12.5. The van der Waals surface area contributed by atoms with Crippen LogP contribution >= 0.6 is 0 Å². The fraction of sp³-hybridized carbons (Fsp3) is 0.375. The van der Waals surface area contributed by atoms with E-state index in [0.29, 0.717) is 13.2 Å². The SMILES string of the molecule is O=C(O)[C@H](Cc1c[nH]c2ccccc12)NC(=O)[C@@H]1COCCO1. The van der Waals surface area contributed by atoms with E-state index in [1.807, 2.05) is 24.3 Å². The summed E-state index contributed by atoms with van der Waals surface area (Å²) in [6, 6.07) is 6.61. The molecule has 2 atom stereocenters. The molecule has 1 saturated heterocycles. The van der Waals surface area contributed by atoms with Crippen LogP contribution in [-0.4, -0.2) is 53.9 Å². The average Bonchev–Trinajstić information content (AvgIpc) is 2.98. The molecule has 1 fully saturated rings. The van der Waals surface area contributed by atoms with Crippen molar-refractivity contribution in [3.05, 3.63) is 36.0 Å². The van der Waals surface area contributed by atoms with Gasteiger partial charge in [-0.1, -0.05) is 18.2 Å². The Kier molecular flexibility index (Phi) is 4.59. The van der Waals surface area contributed by atoms with Gasteiger partial charge in [-0.3, -0.25) is 4.79 Å². The van der Waals surface area contributed by atoms with Crippen molar-refractivity contribution in [1.29, 1.82) is 0 Å². The number of fused-ring (bicyclic) bond motifs is 1. The second-order valence-corrected chi connectivity index (χ2v) is 5.40. The van der Waals surface area contributed by atoms with E-state index in [9.17, 15) is 14.7 Å². The van der Waals surface area contributed by atoms with E-state index in [0.717, 1.165) is 16.5 Å². The summed E-state index contributed by atoms with van der Waals surface area (Å²) >= 11 is 0. The predicted octanol–water partition coefficient (Wildman–Crippen LogP) is 0.695. The van der Waals surface area contributed by atoms with Gasteiger partial charge in [-0.25, -0.2) is 4.79 Å². The summed E-state index contributed by atoms with van der Waals surface area (Å²) in [7, 11) is 0. The number of nitrogens with one attached hydrogen (secondary N) is 2. The lowest BCUT2D eigenvalue weighted by Crippen LogP contribution is -2.50. The zero-order chi connectivity index (χ0) is 16.2. The number of para-hydroxylation sites is 1. The second kappa shape index (κ2) is 6.80. The van der Waals surface area contributed by atoms with Crippen molar-refractivity contribution in [2.75, 3.05) is 19.8 Å². The molecule has 0 bridgehead atoms. The van der Waals surface area contributed by atoms with Gasteiger partial charge in [-0.2, -0.15) is 0 Å². The van der Waals surface area contributed by atoms with Crippen molar-refractivity contribution in [1.82, 2.24) is 10.3 Å². The molecule has 0 saturated carbocycles. The van der Waals surface area contributed by atoms with Crippen LogP contribution in [0.1, 0.15) is 5.56 Å². The molecule has 122 valence electrons. The predicted molar refractivity (Wildman–Crippen MR) is 82.1 cm³/mol. The number of carboxylic acids is 1. The first kappa shape index (κ1) is 15.5. The molecule has 1 aliphatic rings. The normalized spacial score (nSPS) is 19.4. The number of amides is 1. The van der Waals surface area contributed by atoms with Crippen molar-refractivity contribution < 1.29 is 24.2 Å². The summed E-state index contributed by atoms with van der Waals surface area (Å²) in [6.45, 7) is 0.922. The largest absolute Gasteiger partial charge is 0.480 e. The third-order valence-corrected chi connectivity index (χ3v) is 3.82. The maximum absolute atomic E-state index is 12.1. The molecule has 3 rings (SSSR count). The van der Waals surface area contributed by atoms with Crippen molar-refractivity contribution in [3.63, 3.8) is 0 Å². The molecule has 2 heterocycles. The van der Waals surface area contributed by atoms with E-state index in [1.165, 1.54) is 0 Å². The number of hydrogen-bond donors (Lipinski definition) is 3. The molecular formula is C16H18N2O5. The molecule has 1 aliphatic heterocycles. The van der Waals surface area contributed by atoms with Gasteiger partial charge < -0.3 is 24.9 Å². The van der Waals surface area contributed by atoms with Crippen LogP contribution in [0.5, 0.6) is 0 Å². The quantitative estimate of drug-likeness (QED) is 0.753. The Balaban J connectivity index is 1.71. The van der Waals surface area contributed by atoms with Crippen LogP contribution in [0.4, 0.5) is 0 Å². The number of H-pyrrole nitrogens is 1. The molecule has 0 unspecified atom stereocenters. The third-order valence-electron chi connectivity index (χ3n) is 3.82. The fourth-order valence-electron chi connectivity index (χ4n) is 2.62. The first-order valence-electron chi connectivity index (χ1n) is 7.42. The number of carboxylic acid groups (broad SMARTS) is 1. The monoisotopic (exact) mass is 318 g/mol. The molecule has 7 nitrogen and oxygen atoms in total. The highest BCUT2D eigenvalue weighted by Gasteiger charge is 2.28. The highest BCUT2D eigenvalue weighted by molar-refractivity contribution is 5.88. The number of aromatic amines is 1. The summed E-state index contributed by atoms with van der Waals surface area (Å²) < 4.78 is 10.5. The molecule has 3 N–H and O–H groups in total. The minimum Gasteiger partial charge on any atom is -0.480 e. The van der Waals surface area contributed by atoms with Crippen molar-refractivity contribution in [2.45, 2.75) is 18.6 Å². The topological polar surface area (TPSA) is 101 Å². The lowest BCUT2D eigenvalue weighted by Gasteiger charge is -2.24. The molecular weight excluding hydrogens is 300 g/mol. The Labute approximate surface area is 132 Å². The van der Waals surface area contributed by atoms with Crippen LogP contribution in [0.15, 0.2) is 30.5 Å². The number of ether oxygens (including phenoxy) is 2. The summed E-state index contributed by atoms with van der Waals surface area (Å²) in [5, 5.41) is 12.9.